The number of rotatable bonds is 3. The summed E-state index contributed by atoms with van der Waals surface area (Å²) in [6.07, 6.45) is 0. The lowest BCUT2D eigenvalue weighted by atomic mass is 9.83. The van der Waals surface area contributed by atoms with E-state index in [2.05, 4.69) is 0 Å². The van der Waals surface area contributed by atoms with Crippen LogP contribution in [0, 0.1) is 6.92 Å². The van der Waals surface area contributed by atoms with Crippen LogP contribution in [0.25, 0.3) is 0 Å². The number of phenolic OH excluding ortho intramolecular Hbond substituents is 1. The Morgan fingerprint density at radius 1 is 0.897 bits per heavy atom. The van der Waals surface area contributed by atoms with E-state index in [0.29, 0.717) is 5.56 Å². The number of benzene rings is 3. The number of hydrogen-bond donors (Lipinski definition) is 2. The molecule has 0 atom stereocenters. The highest BCUT2D eigenvalue weighted by molar-refractivity contribution is 7.87. The van der Waals surface area contributed by atoms with Crippen molar-refractivity contribution in [3.63, 3.8) is 0 Å². The molecule has 3 N–H and O–H groups in total. The lowest BCUT2D eigenvalue weighted by molar-refractivity contribution is 0.0975. The third-order valence-electron chi connectivity index (χ3n) is 4.65. The number of phenols is 1. The van der Waals surface area contributed by atoms with Gasteiger partial charge in [0, 0.05) is 11.1 Å². The van der Waals surface area contributed by atoms with E-state index in [9.17, 15) is 23.1 Å². The Kier molecular flexibility index (Phi) is 4.16. The summed E-state index contributed by atoms with van der Waals surface area (Å²) in [6, 6.07) is 12.8. The van der Waals surface area contributed by atoms with Crippen molar-refractivity contribution in [2.45, 2.75) is 11.8 Å². The second-order valence-electron chi connectivity index (χ2n) is 6.62. The van der Waals surface area contributed by atoms with E-state index in [1.54, 1.807) is 25.1 Å². The van der Waals surface area contributed by atoms with Crippen LogP contribution in [0.5, 0.6) is 11.5 Å². The zero-order valence-corrected chi connectivity index (χ0v) is 16.0. The number of ketones is 2. The van der Waals surface area contributed by atoms with Crippen molar-refractivity contribution in [3.05, 3.63) is 82.4 Å². The first kappa shape index (κ1) is 18.7. The van der Waals surface area contributed by atoms with Gasteiger partial charge in [0.15, 0.2) is 17.3 Å². The zero-order chi connectivity index (χ0) is 20.9. The first-order valence-corrected chi connectivity index (χ1v) is 9.96. The molecule has 146 valence electrons. The van der Waals surface area contributed by atoms with E-state index < -0.39 is 27.4 Å². The molecule has 1 aliphatic rings. The molecule has 7 nitrogen and oxygen atoms in total. The maximum atomic E-state index is 13.0. The average molecular weight is 409 g/mol. The lowest BCUT2D eigenvalue weighted by Crippen LogP contribution is -2.23. The molecule has 4 rings (SSSR count). The molecule has 0 heterocycles. The molecular formula is C21H15NO6S. The minimum atomic E-state index is -4.40. The van der Waals surface area contributed by atoms with Gasteiger partial charge in [0.05, 0.1) is 16.8 Å². The summed E-state index contributed by atoms with van der Waals surface area (Å²) >= 11 is 0. The summed E-state index contributed by atoms with van der Waals surface area (Å²) in [4.78, 5) is 25.6. The Balaban J connectivity index is 1.89. The number of fused-ring (bicyclic) bond motifs is 2. The van der Waals surface area contributed by atoms with Crippen LogP contribution in [0.15, 0.2) is 59.5 Å². The third kappa shape index (κ3) is 2.94. The molecule has 29 heavy (non-hydrogen) atoms. The predicted molar refractivity (Wildman–Crippen MR) is 105 cm³/mol. The van der Waals surface area contributed by atoms with E-state index >= 15 is 0 Å². The highest BCUT2D eigenvalue weighted by Gasteiger charge is 2.36. The number of aryl methyl sites for hydroxylation is 1. The molecule has 0 saturated carbocycles. The molecule has 8 heteroatoms. The fourth-order valence-electron chi connectivity index (χ4n) is 3.27. The fourth-order valence-corrected chi connectivity index (χ4v) is 4.42. The van der Waals surface area contributed by atoms with Crippen molar-refractivity contribution in [2.24, 2.45) is 0 Å². The SMILES string of the molecule is Cc1ccc(N)c(S(=O)(=O)Oc2ccc(O)c3c2C(=O)c2ccccc2C3=O)c1. The molecule has 0 unspecified atom stereocenters. The fraction of sp³-hybridized carbons (Fsp3) is 0.0476. The molecule has 0 bridgehead atoms. The Morgan fingerprint density at radius 2 is 1.52 bits per heavy atom. The number of nitrogen functional groups attached to an aromatic ring is 1. The third-order valence-corrected chi connectivity index (χ3v) is 5.94. The van der Waals surface area contributed by atoms with Crippen molar-refractivity contribution in [2.75, 3.05) is 5.73 Å². The van der Waals surface area contributed by atoms with Gasteiger partial charge in [-0.2, -0.15) is 8.42 Å². The number of hydrogen-bond acceptors (Lipinski definition) is 7. The highest BCUT2D eigenvalue weighted by Crippen LogP contribution is 2.39. The largest absolute Gasteiger partial charge is 0.507 e. The smallest absolute Gasteiger partial charge is 0.341 e. The molecule has 0 radical (unpaired) electrons. The van der Waals surface area contributed by atoms with Gasteiger partial charge in [0.25, 0.3) is 0 Å². The minimum Gasteiger partial charge on any atom is -0.507 e. The minimum absolute atomic E-state index is 0.0176. The Labute approximate surface area is 166 Å². The molecule has 0 aliphatic heterocycles. The second-order valence-corrected chi connectivity index (χ2v) is 8.13. The van der Waals surface area contributed by atoms with Crippen molar-refractivity contribution in [1.29, 1.82) is 0 Å². The standard InChI is InChI=1S/C21H15NO6S/c1-11-6-7-14(22)17(10-11)29(26,27)28-16-9-8-15(23)18-19(16)21(25)13-5-3-2-4-12(13)20(18)24/h2-10,23H,22H2,1H3. The first-order valence-electron chi connectivity index (χ1n) is 8.55. The lowest BCUT2D eigenvalue weighted by Gasteiger charge is -2.21. The van der Waals surface area contributed by atoms with Crippen LogP contribution in [0.2, 0.25) is 0 Å². The van der Waals surface area contributed by atoms with Crippen molar-refractivity contribution >= 4 is 27.4 Å². The van der Waals surface area contributed by atoms with E-state index in [1.165, 1.54) is 24.3 Å². The second kappa shape index (κ2) is 6.46. The summed E-state index contributed by atoms with van der Waals surface area (Å²) < 4.78 is 30.9. The van der Waals surface area contributed by atoms with Gasteiger partial charge in [0.1, 0.15) is 10.6 Å². The highest BCUT2D eigenvalue weighted by atomic mass is 32.2. The molecule has 0 spiro atoms. The topological polar surface area (TPSA) is 124 Å². The molecule has 3 aromatic rings. The van der Waals surface area contributed by atoms with Gasteiger partial charge in [0.2, 0.25) is 0 Å². The van der Waals surface area contributed by atoms with Crippen molar-refractivity contribution < 1.29 is 27.3 Å². The average Bonchev–Trinajstić information content (AvgIpc) is 2.69. The summed E-state index contributed by atoms with van der Waals surface area (Å²) in [6.45, 7) is 1.69. The zero-order valence-electron chi connectivity index (χ0n) is 15.2. The predicted octanol–water partition coefficient (Wildman–Crippen LogP) is 2.83. The molecule has 0 fully saturated rings. The van der Waals surface area contributed by atoms with Crippen molar-refractivity contribution in [1.82, 2.24) is 0 Å². The Bertz CT molecular complexity index is 1310. The molecule has 3 aromatic carbocycles. The van der Waals surface area contributed by atoms with Gasteiger partial charge in [-0.15, -0.1) is 0 Å². The van der Waals surface area contributed by atoms with Gasteiger partial charge in [-0.25, -0.2) is 0 Å². The summed E-state index contributed by atoms with van der Waals surface area (Å²) in [5.41, 5.74) is 6.05. The first-order chi connectivity index (χ1) is 13.7. The van der Waals surface area contributed by atoms with Gasteiger partial charge >= 0.3 is 10.1 Å². The number of aromatic hydroxyl groups is 1. The monoisotopic (exact) mass is 409 g/mol. The quantitative estimate of drug-likeness (QED) is 0.394. The molecule has 0 amide bonds. The van der Waals surface area contributed by atoms with Crippen LogP contribution in [-0.2, 0) is 10.1 Å². The van der Waals surface area contributed by atoms with E-state index in [1.807, 2.05) is 0 Å². The van der Waals surface area contributed by atoms with Crippen LogP contribution in [-0.4, -0.2) is 25.1 Å². The number of anilines is 1. The maximum absolute atomic E-state index is 13.0. The van der Waals surface area contributed by atoms with Crippen LogP contribution in [0.4, 0.5) is 5.69 Å². The molecule has 0 saturated heterocycles. The van der Waals surface area contributed by atoms with Crippen LogP contribution < -0.4 is 9.92 Å². The van der Waals surface area contributed by atoms with E-state index in [4.69, 9.17) is 9.92 Å². The van der Waals surface area contributed by atoms with Gasteiger partial charge in [-0.05, 0) is 36.8 Å². The summed E-state index contributed by atoms with van der Waals surface area (Å²) in [5.74, 6) is -2.00. The van der Waals surface area contributed by atoms with E-state index in [-0.39, 0.29) is 38.6 Å². The van der Waals surface area contributed by atoms with E-state index in [0.717, 1.165) is 12.1 Å². The maximum Gasteiger partial charge on any atom is 0.341 e. The van der Waals surface area contributed by atoms with Crippen molar-refractivity contribution in [3.8, 4) is 11.5 Å². The Hall–Kier alpha value is -3.65. The van der Waals surface area contributed by atoms with Crippen LogP contribution >= 0.6 is 0 Å². The molecule has 1 aliphatic carbocycles. The number of carbonyl (C=O) groups excluding carboxylic acids is 2. The van der Waals surface area contributed by atoms with Gasteiger partial charge in [-0.3, -0.25) is 9.59 Å². The Morgan fingerprint density at radius 3 is 2.17 bits per heavy atom. The normalized spacial score (nSPS) is 13.0. The summed E-state index contributed by atoms with van der Waals surface area (Å²) in [5, 5.41) is 10.2. The van der Waals surface area contributed by atoms with Crippen LogP contribution in [0.3, 0.4) is 0 Å². The molecule has 0 aromatic heterocycles. The van der Waals surface area contributed by atoms with Gasteiger partial charge < -0.3 is 15.0 Å². The molecular weight excluding hydrogens is 394 g/mol. The van der Waals surface area contributed by atoms with Crippen LogP contribution in [0.1, 0.15) is 37.4 Å². The number of nitrogens with two attached hydrogens (primary N) is 1. The van der Waals surface area contributed by atoms with Gasteiger partial charge in [-0.1, -0.05) is 30.3 Å². The summed E-state index contributed by atoms with van der Waals surface area (Å²) in [7, 11) is -4.40. The number of carbonyl (C=O) groups is 2.